The van der Waals surface area contributed by atoms with Crippen molar-refractivity contribution in [3.63, 3.8) is 0 Å². The van der Waals surface area contributed by atoms with Crippen LogP contribution in [0.15, 0.2) is 28.8 Å². The van der Waals surface area contributed by atoms with Crippen molar-refractivity contribution >= 4 is 27.6 Å². The summed E-state index contributed by atoms with van der Waals surface area (Å²) < 4.78 is 5.98. The third-order valence-electron chi connectivity index (χ3n) is 2.51. The van der Waals surface area contributed by atoms with Gasteiger partial charge in [-0.25, -0.2) is 4.79 Å². The first-order valence-corrected chi connectivity index (χ1v) is 6.60. The normalized spacial score (nSPS) is 10.0. The second-order valence-corrected chi connectivity index (χ2v) is 4.89. The molecule has 98 valence electrons. The summed E-state index contributed by atoms with van der Waals surface area (Å²) in [5, 5.41) is 3.17. The molecule has 0 unspecified atom stereocenters. The van der Waals surface area contributed by atoms with Gasteiger partial charge >= 0.3 is 5.97 Å². The molecule has 3 nitrogen and oxygen atoms in total. The molecule has 0 fully saturated rings. The second-order valence-electron chi connectivity index (χ2n) is 4.10. The number of ether oxygens (including phenoxy) is 1. The predicted molar refractivity (Wildman–Crippen MR) is 77.9 cm³/mol. The van der Waals surface area contributed by atoms with Crippen molar-refractivity contribution in [2.24, 2.45) is 0 Å². The number of benzene rings is 1. The monoisotopic (exact) mass is 311 g/mol. The molecule has 0 bridgehead atoms. The van der Waals surface area contributed by atoms with Gasteiger partial charge in [0.25, 0.3) is 0 Å². The summed E-state index contributed by atoms with van der Waals surface area (Å²) in [6.07, 6.45) is 0. The molecular formula is C14H18BrNO2. The molecule has 1 aromatic rings. The first-order valence-electron chi connectivity index (χ1n) is 5.81. The van der Waals surface area contributed by atoms with Crippen LogP contribution in [0.25, 0.3) is 0 Å². The van der Waals surface area contributed by atoms with Gasteiger partial charge in [-0.2, -0.15) is 0 Å². The maximum atomic E-state index is 11.4. The molecule has 0 aliphatic heterocycles. The fourth-order valence-corrected chi connectivity index (χ4v) is 1.79. The summed E-state index contributed by atoms with van der Waals surface area (Å²) in [6, 6.07) is 4.05. The van der Waals surface area contributed by atoms with Gasteiger partial charge in [-0.3, -0.25) is 0 Å². The lowest BCUT2D eigenvalue weighted by atomic mass is 10.1. The molecule has 1 N–H and O–H groups in total. The van der Waals surface area contributed by atoms with E-state index in [4.69, 9.17) is 4.74 Å². The van der Waals surface area contributed by atoms with Crippen LogP contribution in [0.3, 0.4) is 0 Å². The standard InChI is InChI=1S/C14H18BrNO2/c1-5-18-14(17)11(4)8-16-12-6-9(2)13(15)10(3)7-12/h6-7,16H,4-5,8H2,1-3H3. The molecule has 4 heteroatoms. The highest BCUT2D eigenvalue weighted by atomic mass is 79.9. The third-order valence-corrected chi connectivity index (χ3v) is 3.76. The zero-order valence-corrected chi connectivity index (χ0v) is 12.6. The van der Waals surface area contributed by atoms with Crippen LogP contribution in [0.4, 0.5) is 5.69 Å². The summed E-state index contributed by atoms with van der Waals surface area (Å²) >= 11 is 3.52. The first-order chi connectivity index (χ1) is 8.45. The van der Waals surface area contributed by atoms with E-state index < -0.39 is 0 Å². The fraction of sp³-hybridized carbons (Fsp3) is 0.357. The minimum atomic E-state index is -0.351. The number of carbonyl (C=O) groups excluding carboxylic acids is 1. The lowest BCUT2D eigenvalue weighted by Crippen LogP contribution is -2.14. The number of rotatable bonds is 5. The number of hydrogen-bond donors (Lipinski definition) is 1. The van der Waals surface area contributed by atoms with Crippen LogP contribution in [-0.2, 0) is 9.53 Å². The van der Waals surface area contributed by atoms with Crippen LogP contribution in [0.2, 0.25) is 0 Å². The van der Waals surface area contributed by atoms with Crippen LogP contribution >= 0.6 is 15.9 Å². The Hall–Kier alpha value is -1.29. The molecule has 0 amide bonds. The quantitative estimate of drug-likeness (QED) is 0.667. The van der Waals surface area contributed by atoms with Crippen LogP contribution in [0.5, 0.6) is 0 Å². The van der Waals surface area contributed by atoms with Gasteiger partial charge in [0.2, 0.25) is 0 Å². The number of esters is 1. The smallest absolute Gasteiger partial charge is 0.335 e. The molecule has 0 aliphatic carbocycles. The Kier molecular flexibility index (Phi) is 5.41. The zero-order chi connectivity index (χ0) is 13.7. The zero-order valence-electron chi connectivity index (χ0n) is 11.0. The fourth-order valence-electron chi connectivity index (χ4n) is 1.56. The van der Waals surface area contributed by atoms with Crippen molar-refractivity contribution in [3.05, 3.63) is 39.9 Å². The van der Waals surface area contributed by atoms with E-state index in [1.165, 1.54) is 0 Å². The summed E-state index contributed by atoms with van der Waals surface area (Å²) in [4.78, 5) is 11.4. The largest absolute Gasteiger partial charge is 0.463 e. The predicted octanol–water partition coefficient (Wildman–Crippen LogP) is 3.60. The van der Waals surface area contributed by atoms with Crippen molar-refractivity contribution in [1.82, 2.24) is 0 Å². The minimum Gasteiger partial charge on any atom is -0.463 e. The van der Waals surface area contributed by atoms with E-state index in [1.807, 2.05) is 26.0 Å². The second kappa shape index (κ2) is 6.59. The van der Waals surface area contributed by atoms with Gasteiger partial charge in [-0.15, -0.1) is 0 Å². The summed E-state index contributed by atoms with van der Waals surface area (Å²) in [5.74, 6) is -0.351. The summed E-state index contributed by atoms with van der Waals surface area (Å²) in [7, 11) is 0. The van der Waals surface area contributed by atoms with Crippen molar-refractivity contribution < 1.29 is 9.53 Å². The van der Waals surface area contributed by atoms with Crippen molar-refractivity contribution in [2.75, 3.05) is 18.5 Å². The maximum Gasteiger partial charge on any atom is 0.335 e. The molecule has 0 saturated heterocycles. The molecule has 0 aliphatic rings. The van der Waals surface area contributed by atoms with E-state index >= 15 is 0 Å². The molecule has 0 radical (unpaired) electrons. The SMILES string of the molecule is C=C(CNc1cc(C)c(Br)c(C)c1)C(=O)OCC. The average molecular weight is 312 g/mol. The van der Waals surface area contributed by atoms with E-state index in [0.717, 1.165) is 21.3 Å². The summed E-state index contributed by atoms with van der Waals surface area (Å²) in [6.45, 7) is 10.3. The Morgan fingerprint density at radius 1 is 1.39 bits per heavy atom. The van der Waals surface area contributed by atoms with Gasteiger partial charge in [0.15, 0.2) is 0 Å². The number of aryl methyl sites for hydroxylation is 2. The highest BCUT2D eigenvalue weighted by molar-refractivity contribution is 9.10. The molecule has 1 aromatic carbocycles. The Balaban J connectivity index is 2.64. The van der Waals surface area contributed by atoms with Gasteiger partial charge in [0.05, 0.1) is 6.61 Å². The van der Waals surface area contributed by atoms with E-state index in [0.29, 0.717) is 18.7 Å². The summed E-state index contributed by atoms with van der Waals surface area (Å²) in [5.41, 5.74) is 3.70. The van der Waals surface area contributed by atoms with Crippen LogP contribution < -0.4 is 5.32 Å². The number of hydrogen-bond acceptors (Lipinski definition) is 3. The van der Waals surface area contributed by atoms with Gasteiger partial charge in [0, 0.05) is 22.3 Å². The first kappa shape index (κ1) is 14.8. The lowest BCUT2D eigenvalue weighted by molar-refractivity contribution is -0.138. The van der Waals surface area contributed by atoms with E-state index in [1.54, 1.807) is 6.92 Å². The molecule has 18 heavy (non-hydrogen) atoms. The third kappa shape index (κ3) is 3.88. The molecule has 0 heterocycles. The van der Waals surface area contributed by atoms with E-state index in [9.17, 15) is 4.79 Å². The molecule has 0 saturated carbocycles. The lowest BCUT2D eigenvalue weighted by Gasteiger charge is -2.11. The van der Waals surface area contributed by atoms with Crippen LogP contribution in [0, 0.1) is 13.8 Å². The number of carbonyl (C=O) groups is 1. The van der Waals surface area contributed by atoms with Crippen molar-refractivity contribution in [1.29, 1.82) is 0 Å². The Morgan fingerprint density at radius 3 is 2.44 bits per heavy atom. The molecule has 0 spiro atoms. The molecule has 0 aromatic heterocycles. The molecule has 1 rings (SSSR count). The van der Waals surface area contributed by atoms with Crippen molar-refractivity contribution in [3.8, 4) is 0 Å². The highest BCUT2D eigenvalue weighted by Crippen LogP contribution is 2.25. The topological polar surface area (TPSA) is 38.3 Å². The Labute approximate surface area is 116 Å². The number of halogens is 1. The van der Waals surface area contributed by atoms with Gasteiger partial charge in [0.1, 0.15) is 0 Å². The average Bonchev–Trinajstić information content (AvgIpc) is 2.33. The number of nitrogens with one attached hydrogen (secondary N) is 1. The Bertz CT molecular complexity index is 446. The van der Waals surface area contributed by atoms with Gasteiger partial charge < -0.3 is 10.1 Å². The van der Waals surface area contributed by atoms with Gasteiger partial charge in [-0.05, 0) is 44.0 Å². The van der Waals surface area contributed by atoms with Gasteiger partial charge in [-0.1, -0.05) is 22.5 Å². The number of anilines is 1. The van der Waals surface area contributed by atoms with E-state index in [2.05, 4.69) is 27.8 Å². The Morgan fingerprint density at radius 2 is 1.94 bits per heavy atom. The van der Waals surface area contributed by atoms with Crippen molar-refractivity contribution in [2.45, 2.75) is 20.8 Å². The van der Waals surface area contributed by atoms with Crippen LogP contribution in [0.1, 0.15) is 18.1 Å². The minimum absolute atomic E-state index is 0.351. The molecule has 0 atom stereocenters. The van der Waals surface area contributed by atoms with Crippen LogP contribution in [-0.4, -0.2) is 19.1 Å². The van der Waals surface area contributed by atoms with E-state index in [-0.39, 0.29) is 5.97 Å². The maximum absolute atomic E-state index is 11.4. The highest BCUT2D eigenvalue weighted by Gasteiger charge is 2.08. The molecular weight excluding hydrogens is 294 g/mol.